The van der Waals surface area contributed by atoms with Crippen molar-refractivity contribution in [1.29, 1.82) is 5.26 Å². The first-order valence-corrected chi connectivity index (χ1v) is 10.4. The van der Waals surface area contributed by atoms with Crippen LogP contribution in [0.1, 0.15) is 41.8 Å². The molecular weight excluding hydrogens is 374 g/mol. The molecule has 0 aliphatic carbocycles. The van der Waals surface area contributed by atoms with Crippen molar-refractivity contribution in [3.63, 3.8) is 0 Å². The van der Waals surface area contributed by atoms with E-state index < -0.39 is 0 Å². The Labute approximate surface area is 176 Å². The molecule has 2 aromatic heterocycles. The van der Waals surface area contributed by atoms with Gasteiger partial charge in [-0.25, -0.2) is 4.98 Å². The molecule has 3 atom stereocenters. The third-order valence-corrected chi connectivity index (χ3v) is 6.50. The molecule has 0 radical (unpaired) electrons. The largest absolute Gasteiger partial charge is 0.362 e. The van der Waals surface area contributed by atoms with Gasteiger partial charge >= 0.3 is 0 Å². The quantitative estimate of drug-likeness (QED) is 0.696. The Morgan fingerprint density at radius 1 is 1.27 bits per heavy atom. The van der Waals surface area contributed by atoms with Crippen molar-refractivity contribution in [3.8, 4) is 6.07 Å². The third-order valence-electron chi connectivity index (χ3n) is 6.50. The van der Waals surface area contributed by atoms with Crippen molar-refractivity contribution >= 4 is 22.4 Å². The lowest BCUT2D eigenvalue weighted by atomic mass is 9.98. The van der Waals surface area contributed by atoms with Crippen LogP contribution < -0.4 is 15.5 Å². The third kappa shape index (κ3) is 3.04. The van der Waals surface area contributed by atoms with Gasteiger partial charge in [0.15, 0.2) is 5.82 Å². The fourth-order valence-electron chi connectivity index (χ4n) is 4.79. The highest BCUT2D eigenvalue weighted by Crippen LogP contribution is 2.33. The van der Waals surface area contributed by atoms with Crippen LogP contribution in [0.3, 0.4) is 0 Å². The number of benzene rings is 1. The maximum absolute atomic E-state index is 9.36. The first-order valence-electron chi connectivity index (χ1n) is 10.4. The summed E-state index contributed by atoms with van der Waals surface area (Å²) in [5.41, 5.74) is 3.65. The Kier molecular flexibility index (Phi) is 4.52. The summed E-state index contributed by atoms with van der Waals surface area (Å²) in [6, 6.07) is 11.3. The van der Waals surface area contributed by atoms with Crippen LogP contribution in [0.15, 0.2) is 30.5 Å². The van der Waals surface area contributed by atoms with Crippen LogP contribution in [-0.2, 0) is 0 Å². The fourth-order valence-corrected chi connectivity index (χ4v) is 4.79. The molecule has 0 saturated carbocycles. The number of nitriles is 1. The lowest BCUT2D eigenvalue weighted by molar-refractivity contribution is 0.576. The highest BCUT2D eigenvalue weighted by Gasteiger charge is 2.38. The molecule has 0 spiro atoms. The molecule has 30 heavy (non-hydrogen) atoms. The minimum atomic E-state index is -0.0119. The molecular formula is C23H25N7. The molecule has 2 saturated heterocycles. The van der Waals surface area contributed by atoms with E-state index in [0.29, 0.717) is 17.6 Å². The molecule has 3 aromatic rings. The monoisotopic (exact) mass is 399 g/mol. The van der Waals surface area contributed by atoms with E-state index in [2.05, 4.69) is 50.9 Å². The van der Waals surface area contributed by atoms with Gasteiger partial charge in [0.25, 0.3) is 0 Å². The number of pyridine rings is 1. The molecule has 7 heteroatoms. The zero-order valence-corrected chi connectivity index (χ0v) is 17.5. The van der Waals surface area contributed by atoms with Crippen LogP contribution in [0.25, 0.3) is 10.8 Å². The van der Waals surface area contributed by atoms with E-state index in [9.17, 15) is 5.26 Å². The molecule has 1 aromatic carbocycles. The van der Waals surface area contributed by atoms with Crippen molar-refractivity contribution in [2.75, 3.05) is 23.3 Å². The highest BCUT2D eigenvalue weighted by molar-refractivity contribution is 5.94. The molecule has 2 bridgehead atoms. The number of nitrogens with zero attached hydrogens (tertiary/aromatic N) is 5. The molecule has 2 unspecified atom stereocenters. The number of anilines is 2. The lowest BCUT2D eigenvalue weighted by Gasteiger charge is -2.28. The number of hydrogen-bond acceptors (Lipinski definition) is 7. The second-order valence-electron chi connectivity index (χ2n) is 8.37. The minimum absolute atomic E-state index is 0.0119. The van der Waals surface area contributed by atoms with Gasteiger partial charge in [0.05, 0.1) is 23.4 Å². The van der Waals surface area contributed by atoms with Crippen molar-refractivity contribution < 1.29 is 0 Å². The Hall–Kier alpha value is -3.24. The summed E-state index contributed by atoms with van der Waals surface area (Å²) < 4.78 is 0. The standard InChI is InChI=1S/C23H25N7/c1-13-16(9-24)5-4-6-19(13)14(2)27-23-20-8-22(26-11-21(20)15(3)28-29-23)30-12-17-7-18(30)10-25-17/h4-6,8,11,14,17-18,25H,7,10,12H2,1-3H3,(H,27,29)/t14-,17?,18?/m1/s1. The molecule has 7 nitrogen and oxygen atoms in total. The van der Waals surface area contributed by atoms with Crippen LogP contribution in [0.2, 0.25) is 0 Å². The summed E-state index contributed by atoms with van der Waals surface area (Å²) in [5.74, 6) is 1.75. The summed E-state index contributed by atoms with van der Waals surface area (Å²) in [6.07, 6.45) is 3.11. The maximum atomic E-state index is 9.36. The Morgan fingerprint density at radius 2 is 2.13 bits per heavy atom. The van der Waals surface area contributed by atoms with Crippen LogP contribution >= 0.6 is 0 Å². The van der Waals surface area contributed by atoms with Crippen molar-refractivity contribution in [2.24, 2.45) is 0 Å². The summed E-state index contributed by atoms with van der Waals surface area (Å²) in [6.45, 7) is 8.06. The number of fused-ring (bicyclic) bond motifs is 3. The Bertz CT molecular complexity index is 1170. The molecule has 2 aliphatic heterocycles. The second kappa shape index (κ2) is 7.22. The molecule has 2 aliphatic rings. The zero-order chi connectivity index (χ0) is 20.8. The molecule has 5 rings (SSSR count). The average molecular weight is 400 g/mol. The summed E-state index contributed by atoms with van der Waals surface area (Å²) in [7, 11) is 0. The average Bonchev–Trinajstić information content (AvgIpc) is 3.39. The molecule has 152 valence electrons. The zero-order valence-electron chi connectivity index (χ0n) is 17.5. The summed E-state index contributed by atoms with van der Waals surface area (Å²) in [4.78, 5) is 7.16. The van der Waals surface area contributed by atoms with Crippen LogP contribution in [0.4, 0.5) is 11.6 Å². The first kappa shape index (κ1) is 18.8. The number of rotatable bonds is 4. The van der Waals surface area contributed by atoms with Crippen molar-refractivity contribution in [2.45, 2.75) is 45.3 Å². The first-order chi connectivity index (χ1) is 14.5. The van der Waals surface area contributed by atoms with E-state index in [0.717, 1.165) is 52.3 Å². The molecule has 2 N–H and O–H groups in total. The number of piperazine rings is 1. The van der Waals surface area contributed by atoms with Crippen molar-refractivity contribution in [3.05, 3.63) is 52.8 Å². The van der Waals surface area contributed by atoms with Gasteiger partial charge in [-0.05, 0) is 50.5 Å². The van der Waals surface area contributed by atoms with Gasteiger partial charge in [-0.1, -0.05) is 12.1 Å². The number of nitrogens with one attached hydrogen (secondary N) is 2. The Balaban J connectivity index is 1.52. The van der Waals surface area contributed by atoms with Crippen LogP contribution in [0, 0.1) is 25.2 Å². The normalized spacial score (nSPS) is 21.1. The molecule has 2 fully saturated rings. The molecule has 0 amide bonds. The smallest absolute Gasteiger partial charge is 0.157 e. The minimum Gasteiger partial charge on any atom is -0.362 e. The topological polar surface area (TPSA) is 89.8 Å². The van der Waals surface area contributed by atoms with E-state index >= 15 is 0 Å². The number of aryl methyl sites for hydroxylation is 1. The van der Waals surface area contributed by atoms with Gasteiger partial charge in [0.2, 0.25) is 0 Å². The predicted molar refractivity (Wildman–Crippen MR) is 118 cm³/mol. The molecule has 4 heterocycles. The SMILES string of the molecule is Cc1c(C#N)cccc1[C@@H](C)Nc1nnc(C)c2cnc(N3CC4CC3CN4)cc12. The van der Waals surface area contributed by atoms with Gasteiger partial charge < -0.3 is 15.5 Å². The van der Waals surface area contributed by atoms with Gasteiger partial charge in [-0.3, -0.25) is 0 Å². The fraction of sp³-hybridized carbons (Fsp3) is 0.391. The van der Waals surface area contributed by atoms with E-state index in [4.69, 9.17) is 4.98 Å². The van der Waals surface area contributed by atoms with Gasteiger partial charge in [0, 0.05) is 42.1 Å². The highest BCUT2D eigenvalue weighted by atomic mass is 15.3. The van der Waals surface area contributed by atoms with Crippen LogP contribution in [0.5, 0.6) is 0 Å². The van der Waals surface area contributed by atoms with Crippen molar-refractivity contribution in [1.82, 2.24) is 20.5 Å². The summed E-state index contributed by atoms with van der Waals surface area (Å²) in [5, 5.41) is 27.3. The van der Waals surface area contributed by atoms with Gasteiger partial charge in [-0.15, -0.1) is 5.10 Å². The maximum Gasteiger partial charge on any atom is 0.157 e. The number of hydrogen-bond donors (Lipinski definition) is 2. The van der Waals surface area contributed by atoms with Crippen LogP contribution in [-0.4, -0.2) is 40.4 Å². The van der Waals surface area contributed by atoms with Gasteiger partial charge in [-0.2, -0.15) is 10.4 Å². The summed E-state index contributed by atoms with van der Waals surface area (Å²) >= 11 is 0. The van der Waals surface area contributed by atoms with E-state index in [-0.39, 0.29) is 6.04 Å². The number of aromatic nitrogens is 3. The lowest BCUT2D eigenvalue weighted by Crippen LogP contribution is -2.43. The Morgan fingerprint density at radius 3 is 2.87 bits per heavy atom. The predicted octanol–water partition coefficient (Wildman–Crippen LogP) is 3.24. The van der Waals surface area contributed by atoms with E-state index in [1.807, 2.05) is 32.2 Å². The van der Waals surface area contributed by atoms with E-state index in [1.165, 1.54) is 6.42 Å². The second-order valence-corrected chi connectivity index (χ2v) is 8.37. The van der Waals surface area contributed by atoms with Gasteiger partial charge in [0.1, 0.15) is 5.82 Å². The van der Waals surface area contributed by atoms with E-state index in [1.54, 1.807) is 0 Å².